The van der Waals surface area contributed by atoms with E-state index in [4.69, 9.17) is 10.5 Å². The smallest absolute Gasteiger partial charge is 0.238 e. The first-order valence-corrected chi connectivity index (χ1v) is 7.48. The molecule has 0 bridgehead atoms. The molecule has 0 spiro atoms. The van der Waals surface area contributed by atoms with E-state index in [2.05, 4.69) is 17.1 Å². The molecule has 5 nitrogen and oxygen atoms in total. The van der Waals surface area contributed by atoms with Crippen LogP contribution in [0.3, 0.4) is 0 Å². The summed E-state index contributed by atoms with van der Waals surface area (Å²) in [7, 11) is 1.61. The first-order chi connectivity index (χ1) is 10.1. The quantitative estimate of drug-likeness (QED) is 0.864. The zero-order valence-electron chi connectivity index (χ0n) is 12.8. The van der Waals surface area contributed by atoms with E-state index in [0.29, 0.717) is 24.9 Å². The number of hydrogen-bond acceptors (Lipinski definition) is 4. The van der Waals surface area contributed by atoms with Crippen LogP contribution in [0.5, 0.6) is 5.75 Å². The van der Waals surface area contributed by atoms with E-state index in [0.717, 1.165) is 30.9 Å². The summed E-state index contributed by atoms with van der Waals surface area (Å²) in [6, 6.07) is 7.40. The molecule has 5 heteroatoms. The molecule has 1 heterocycles. The largest absolute Gasteiger partial charge is 0.497 e. The van der Waals surface area contributed by atoms with Crippen LogP contribution < -0.4 is 15.8 Å². The van der Waals surface area contributed by atoms with E-state index < -0.39 is 0 Å². The summed E-state index contributed by atoms with van der Waals surface area (Å²) >= 11 is 0. The molecule has 3 N–H and O–H groups in total. The summed E-state index contributed by atoms with van der Waals surface area (Å²) in [5.41, 5.74) is 6.57. The number of anilines is 1. The fourth-order valence-electron chi connectivity index (χ4n) is 2.78. The molecule has 1 fully saturated rings. The summed E-state index contributed by atoms with van der Waals surface area (Å²) in [5.74, 6) is 1.88. The standard InChI is InChI=1S/C16H25N3O2/c1-12-6-7-19(10-13(12)9-17)11-16(20)18-14-4-3-5-15(8-14)21-2/h3-5,8,12-13H,6-7,9-11,17H2,1-2H3,(H,18,20). The summed E-state index contributed by atoms with van der Waals surface area (Å²) in [5, 5.41) is 2.92. The predicted molar refractivity (Wildman–Crippen MR) is 84.4 cm³/mol. The highest BCUT2D eigenvalue weighted by molar-refractivity contribution is 5.92. The molecule has 2 atom stereocenters. The molecule has 0 aliphatic carbocycles. The van der Waals surface area contributed by atoms with Crippen LogP contribution in [0.4, 0.5) is 5.69 Å². The minimum Gasteiger partial charge on any atom is -0.497 e. The van der Waals surface area contributed by atoms with Crippen LogP contribution in [-0.4, -0.2) is 44.1 Å². The number of amides is 1. The zero-order valence-corrected chi connectivity index (χ0v) is 12.8. The molecular weight excluding hydrogens is 266 g/mol. The molecule has 2 unspecified atom stereocenters. The van der Waals surface area contributed by atoms with E-state index in [9.17, 15) is 4.79 Å². The molecule has 0 radical (unpaired) electrons. The summed E-state index contributed by atoms with van der Waals surface area (Å²) in [6.07, 6.45) is 1.11. The zero-order chi connectivity index (χ0) is 15.2. The topological polar surface area (TPSA) is 67.6 Å². The number of likely N-dealkylation sites (tertiary alicyclic amines) is 1. The van der Waals surface area contributed by atoms with Gasteiger partial charge in [0.05, 0.1) is 13.7 Å². The second-order valence-corrected chi connectivity index (χ2v) is 5.78. The van der Waals surface area contributed by atoms with Gasteiger partial charge in [0, 0.05) is 18.3 Å². The van der Waals surface area contributed by atoms with Gasteiger partial charge in [0.25, 0.3) is 0 Å². The molecule has 116 valence electrons. The van der Waals surface area contributed by atoms with E-state index >= 15 is 0 Å². The maximum atomic E-state index is 12.1. The first-order valence-electron chi connectivity index (χ1n) is 7.48. The lowest BCUT2D eigenvalue weighted by Crippen LogP contribution is -2.45. The molecule has 1 amide bonds. The van der Waals surface area contributed by atoms with Gasteiger partial charge in [-0.15, -0.1) is 0 Å². The highest BCUT2D eigenvalue weighted by Crippen LogP contribution is 2.22. The average Bonchev–Trinajstić information content (AvgIpc) is 2.49. The second-order valence-electron chi connectivity index (χ2n) is 5.78. The number of carbonyl (C=O) groups excluding carboxylic acids is 1. The molecule has 1 aromatic carbocycles. The van der Waals surface area contributed by atoms with Crippen molar-refractivity contribution in [2.75, 3.05) is 38.6 Å². The van der Waals surface area contributed by atoms with Gasteiger partial charge in [0.1, 0.15) is 5.75 Å². The Labute approximate surface area is 126 Å². The number of nitrogens with zero attached hydrogens (tertiary/aromatic N) is 1. The van der Waals surface area contributed by atoms with Crippen molar-refractivity contribution in [2.24, 2.45) is 17.6 Å². The fourth-order valence-corrected chi connectivity index (χ4v) is 2.78. The highest BCUT2D eigenvalue weighted by Gasteiger charge is 2.26. The van der Waals surface area contributed by atoms with Gasteiger partial charge in [-0.25, -0.2) is 0 Å². The molecule has 1 aliphatic heterocycles. The van der Waals surface area contributed by atoms with E-state index in [1.807, 2.05) is 24.3 Å². The van der Waals surface area contributed by atoms with E-state index in [1.165, 1.54) is 0 Å². The minimum absolute atomic E-state index is 0.00794. The number of methoxy groups -OCH3 is 1. The van der Waals surface area contributed by atoms with Gasteiger partial charge in [0.2, 0.25) is 5.91 Å². The molecule has 0 aromatic heterocycles. The van der Waals surface area contributed by atoms with Gasteiger partial charge in [-0.3, -0.25) is 9.69 Å². The summed E-state index contributed by atoms with van der Waals surface area (Å²) < 4.78 is 5.15. The third-order valence-electron chi connectivity index (χ3n) is 4.22. The second kappa shape index (κ2) is 7.43. The summed E-state index contributed by atoms with van der Waals surface area (Å²) in [4.78, 5) is 14.3. The lowest BCUT2D eigenvalue weighted by molar-refractivity contribution is -0.117. The maximum Gasteiger partial charge on any atom is 0.238 e. The minimum atomic E-state index is 0.00794. The molecular formula is C16H25N3O2. The first kappa shape index (κ1) is 15.8. The predicted octanol–water partition coefficient (Wildman–Crippen LogP) is 1.55. The Bertz CT molecular complexity index is 478. The van der Waals surface area contributed by atoms with Crippen LogP contribution in [0.15, 0.2) is 24.3 Å². The number of ether oxygens (including phenoxy) is 1. The number of benzene rings is 1. The fraction of sp³-hybridized carbons (Fsp3) is 0.562. The number of hydrogen-bond donors (Lipinski definition) is 2. The maximum absolute atomic E-state index is 12.1. The van der Waals surface area contributed by atoms with Crippen molar-refractivity contribution < 1.29 is 9.53 Å². The van der Waals surface area contributed by atoms with Crippen molar-refractivity contribution in [3.63, 3.8) is 0 Å². The van der Waals surface area contributed by atoms with Crippen LogP contribution in [0.1, 0.15) is 13.3 Å². The Kier molecular flexibility index (Phi) is 5.59. The third-order valence-corrected chi connectivity index (χ3v) is 4.22. The van der Waals surface area contributed by atoms with Gasteiger partial charge < -0.3 is 15.8 Å². The molecule has 1 aromatic rings. The van der Waals surface area contributed by atoms with Crippen LogP contribution in [0.25, 0.3) is 0 Å². The monoisotopic (exact) mass is 291 g/mol. The Morgan fingerprint density at radius 3 is 3.05 bits per heavy atom. The van der Waals surface area contributed by atoms with E-state index in [-0.39, 0.29) is 5.91 Å². The number of nitrogens with one attached hydrogen (secondary N) is 1. The molecule has 0 saturated carbocycles. The normalized spacial score (nSPS) is 22.8. The lowest BCUT2D eigenvalue weighted by atomic mass is 9.87. The van der Waals surface area contributed by atoms with Crippen molar-refractivity contribution in [1.29, 1.82) is 0 Å². The average molecular weight is 291 g/mol. The number of nitrogens with two attached hydrogens (primary N) is 1. The van der Waals surface area contributed by atoms with E-state index in [1.54, 1.807) is 7.11 Å². The Balaban J connectivity index is 1.86. The van der Waals surface area contributed by atoms with Crippen molar-refractivity contribution >= 4 is 11.6 Å². The number of piperidine rings is 1. The van der Waals surface area contributed by atoms with Crippen molar-refractivity contribution in [3.8, 4) is 5.75 Å². The van der Waals surface area contributed by atoms with Crippen molar-refractivity contribution in [2.45, 2.75) is 13.3 Å². The Morgan fingerprint density at radius 1 is 1.52 bits per heavy atom. The summed E-state index contributed by atoms with van der Waals surface area (Å²) in [6.45, 7) is 5.22. The van der Waals surface area contributed by atoms with Crippen LogP contribution >= 0.6 is 0 Å². The SMILES string of the molecule is COc1cccc(NC(=O)CN2CCC(C)C(CN)C2)c1. The Morgan fingerprint density at radius 2 is 2.33 bits per heavy atom. The Hall–Kier alpha value is -1.59. The number of carbonyl (C=O) groups is 1. The lowest BCUT2D eigenvalue weighted by Gasteiger charge is -2.36. The van der Waals surface area contributed by atoms with Crippen LogP contribution in [-0.2, 0) is 4.79 Å². The van der Waals surface area contributed by atoms with Gasteiger partial charge in [0.15, 0.2) is 0 Å². The highest BCUT2D eigenvalue weighted by atomic mass is 16.5. The van der Waals surface area contributed by atoms with Crippen LogP contribution in [0, 0.1) is 11.8 Å². The third kappa shape index (κ3) is 4.44. The van der Waals surface area contributed by atoms with Gasteiger partial charge in [-0.1, -0.05) is 13.0 Å². The van der Waals surface area contributed by atoms with Crippen LogP contribution in [0.2, 0.25) is 0 Å². The number of rotatable bonds is 5. The molecule has 21 heavy (non-hydrogen) atoms. The molecule has 2 rings (SSSR count). The van der Waals surface area contributed by atoms with Crippen molar-refractivity contribution in [3.05, 3.63) is 24.3 Å². The van der Waals surface area contributed by atoms with Gasteiger partial charge in [-0.05, 0) is 43.5 Å². The van der Waals surface area contributed by atoms with Gasteiger partial charge in [-0.2, -0.15) is 0 Å². The molecule has 1 saturated heterocycles. The van der Waals surface area contributed by atoms with Gasteiger partial charge >= 0.3 is 0 Å². The molecule has 1 aliphatic rings. The van der Waals surface area contributed by atoms with Crippen molar-refractivity contribution in [1.82, 2.24) is 4.90 Å².